The topological polar surface area (TPSA) is 57.3 Å². The van der Waals surface area contributed by atoms with Gasteiger partial charge in [0.25, 0.3) is 0 Å². The van der Waals surface area contributed by atoms with Crippen molar-refractivity contribution in [1.82, 2.24) is 24.2 Å². The molecule has 0 spiro atoms. The van der Waals surface area contributed by atoms with Gasteiger partial charge in [0.05, 0.1) is 20.9 Å². The smallest absolute Gasteiger partial charge is 0.199 e. The molecular weight excluding hydrogens is 374 g/mol. The Hall–Kier alpha value is -2.71. The largest absolute Gasteiger partial charge is 0.493 e. The van der Waals surface area contributed by atoms with E-state index in [9.17, 15) is 0 Å². The first-order valence-electron chi connectivity index (χ1n) is 8.89. The fourth-order valence-corrected chi connectivity index (χ4v) is 3.28. The second-order valence-corrected chi connectivity index (χ2v) is 7.06. The number of hydrogen-bond acceptors (Lipinski definition) is 6. The third-order valence-corrected chi connectivity index (χ3v) is 5.12. The van der Waals surface area contributed by atoms with Crippen molar-refractivity contribution in [2.45, 2.75) is 20.1 Å². The predicted molar refractivity (Wildman–Crippen MR) is 111 cm³/mol. The van der Waals surface area contributed by atoms with Crippen LogP contribution in [0.15, 0.2) is 36.7 Å². The number of rotatable bonds is 7. The van der Waals surface area contributed by atoms with Crippen molar-refractivity contribution < 1.29 is 9.47 Å². The van der Waals surface area contributed by atoms with Gasteiger partial charge in [0.15, 0.2) is 22.1 Å². The minimum atomic E-state index is 0.575. The van der Waals surface area contributed by atoms with Gasteiger partial charge in [-0.15, -0.1) is 0 Å². The van der Waals surface area contributed by atoms with E-state index >= 15 is 0 Å². The van der Waals surface area contributed by atoms with Crippen LogP contribution in [-0.4, -0.2) is 45.5 Å². The quantitative estimate of drug-likeness (QED) is 0.568. The Morgan fingerprint density at radius 1 is 1.11 bits per heavy atom. The number of methoxy groups -OCH3 is 2. The Bertz CT molecular complexity index is 1010. The SMILES string of the molecule is COc1cc(C)c(CN(C)Cn2nc(-c3ccncc3)n(C)c2=S)cc1OC. The third-order valence-electron chi connectivity index (χ3n) is 4.64. The molecule has 0 saturated heterocycles. The van der Waals surface area contributed by atoms with E-state index in [1.54, 1.807) is 26.6 Å². The standard InChI is InChI=1S/C20H25N5O2S/c1-14-10-17(26-4)18(27-5)11-16(14)12-23(2)13-25-20(28)24(3)19(22-25)15-6-8-21-9-7-15/h6-11H,12-13H2,1-5H3. The summed E-state index contributed by atoms with van der Waals surface area (Å²) in [5, 5.41) is 4.71. The summed E-state index contributed by atoms with van der Waals surface area (Å²) in [5.74, 6) is 2.29. The second-order valence-electron chi connectivity index (χ2n) is 6.69. The van der Waals surface area contributed by atoms with Crippen LogP contribution in [0.25, 0.3) is 11.4 Å². The minimum Gasteiger partial charge on any atom is -0.493 e. The highest BCUT2D eigenvalue weighted by atomic mass is 32.1. The Morgan fingerprint density at radius 2 is 1.75 bits per heavy atom. The summed E-state index contributed by atoms with van der Waals surface area (Å²) in [6.45, 7) is 3.37. The molecular formula is C20H25N5O2S. The van der Waals surface area contributed by atoms with Crippen LogP contribution in [0, 0.1) is 11.7 Å². The van der Waals surface area contributed by atoms with Gasteiger partial charge >= 0.3 is 0 Å². The van der Waals surface area contributed by atoms with E-state index in [2.05, 4.69) is 16.8 Å². The van der Waals surface area contributed by atoms with E-state index in [0.29, 0.717) is 11.4 Å². The van der Waals surface area contributed by atoms with Crippen LogP contribution in [0.2, 0.25) is 0 Å². The summed E-state index contributed by atoms with van der Waals surface area (Å²) >= 11 is 5.58. The van der Waals surface area contributed by atoms with Crippen molar-refractivity contribution in [2.24, 2.45) is 7.05 Å². The second kappa shape index (κ2) is 8.53. The van der Waals surface area contributed by atoms with E-state index in [4.69, 9.17) is 26.8 Å². The number of hydrogen-bond donors (Lipinski definition) is 0. The molecule has 3 aromatic rings. The molecule has 0 aliphatic heterocycles. The van der Waals surface area contributed by atoms with Crippen LogP contribution in [0.5, 0.6) is 11.5 Å². The maximum Gasteiger partial charge on any atom is 0.199 e. The maximum absolute atomic E-state index is 5.58. The first-order valence-corrected chi connectivity index (χ1v) is 9.29. The first-order chi connectivity index (χ1) is 13.4. The van der Waals surface area contributed by atoms with Gasteiger partial charge in [0.2, 0.25) is 0 Å². The Kier molecular flexibility index (Phi) is 6.11. The highest BCUT2D eigenvalue weighted by Crippen LogP contribution is 2.30. The van der Waals surface area contributed by atoms with Crippen molar-refractivity contribution in [1.29, 1.82) is 0 Å². The molecule has 2 aromatic heterocycles. The molecule has 0 N–H and O–H groups in total. The van der Waals surface area contributed by atoms with Gasteiger partial charge in [0, 0.05) is 31.5 Å². The Labute approximate surface area is 170 Å². The average molecular weight is 400 g/mol. The van der Waals surface area contributed by atoms with Crippen LogP contribution in [-0.2, 0) is 20.3 Å². The summed E-state index contributed by atoms with van der Waals surface area (Å²) in [6.07, 6.45) is 3.51. The number of aryl methyl sites for hydroxylation is 1. The summed E-state index contributed by atoms with van der Waals surface area (Å²) in [4.78, 5) is 6.22. The van der Waals surface area contributed by atoms with Gasteiger partial charge in [-0.05, 0) is 61.6 Å². The van der Waals surface area contributed by atoms with Crippen LogP contribution in [0.1, 0.15) is 11.1 Å². The zero-order valence-electron chi connectivity index (χ0n) is 16.8. The van der Waals surface area contributed by atoms with Crippen molar-refractivity contribution in [3.05, 3.63) is 52.6 Å². The first kappa shape index (κ1) is 20.0. The summed E-state index contributed by atoms with van der Waals surface area (Å²) < 4.78 is 15.2. The molecule has 3 rings (SSSR count). The van der Waals surface area contributed by atoms with Gasteiger partial charge in [0.1, 0.15) is 0 Å². The number of ether oxygens (including phenoxy) is 2. The van der Waals surface area contributed by atoms with E-state index in [0.717, 1.165) is 40.6 Å². The van der Waals surface area contributed by atoms with E-state index in [-0.39, 0.29) is 0 Å². The van der Waals surface area contributed by atoms with Gasteiger partial charge < -0.3 is 14.0 Å². The summed E-state index contributed by atoms with van der Waals surface area (Å²) in [7, 11) is 7.26. The lowest BCUT2D eigenvalue weighted by atomic mass is 10.1. The zero-order chi connectivity index (χ0) is 20.3. The van der Waals surface area contributed by atoms with Gasteiger partial charge in [-0.2, -0.15) is 5.10 Å². The van der Waals surface area contributed by atoms with Crippen molar-refractivity contribution in [2.75, 3.05) is 21.3 Å². The lowest BCUT2D eigenvalue weighted by molar-refractivity contribution is 0.243. The molecule has 2 heterocycles. The van der Waals surface area contributed by atoms with E-state index in [1.165, 1.54) is 0 Å². The Balaban J connectivity index is 1.81. The molecule has 0 aliphatic rings. The van der Waals surface area contributed by atoms with Crippen LogP contribution in [0.3, 0.4) is 0 Å². The normalized spacial score (nSPS) is 11.1. The van der Waals surface area contributed by atoms with Gasteiger partial charge in [-0.3, -0.25) is 9.88 Å². The number of benzene rings is 1. The van der Waals surface area contributed by atoms with Crippen LogP contribution < -0.4 is 9.47 Å². The van der Waals surface area contributed by atoms with E-state index < -0.39 is 0 Å². The highest BCUT2D eigenvalue weighted by molar-refractivity contribution is 7.71. The monoisotopic (exact) mass is 399 g/mol. The molecule has 0 saturated carbocycles. The molecule has 148 valence electrons. The fourth-order valence-electron chi connectivity index (χ4n) is 3.09. The molecule has 0 radical (unpaired) electrons. The number of pyridine rings is 1. The third kappa shape index (κ3) is 4.07. The number of aromatic nitrogens is 4. The van der Waals surface area contributed by atoms with E-state index in [1.807, 2.05) is 47.6 Å². The summed E-state index contributed by atoms with van der Waals surface area (Å²) in [5.41, 5.74) is 3.30. The predicted octanol–water partition coefficient (Wildman–Crippen LogP) is 3.43. The van der Waals surface area contributed by atoms with Gasteiger partial charge in [-0.25, -0.2) is 4.68 Å². The molecule has 0 unspecified atom stereocenters. The molecule has 0 bridgehead atoms. The molecule has 0 fully saturated rings. The molecule has 8 heteroatoms. The molecule has 0 aliphatic carbocycles. The fraction of sp³-hybridized carbons (Fsp3) is 0.350. The molecule has 1 aromatic carbocycles. The Morgan fingerprint density at radius 3 is 2.39 bits per heavy atom. The zero-order valence-corrected chi connectivity index (χ0v) is 17.7. The summed E-state index contributed by atoms with van der Waals surface area (Å²) in [6, 6.07) is 7.87. The molecule has 7 nitrogen and oxygen atoms in total. The van der Waals surface area contributed by atoms with Crippen molar-refractivity contribution in [3.63, 3.8) is 0 Å². The van der Waals surface area contributed by atoms with Crippen LogP contribution in [0.4, 0.5) is 0 Å². The molecule has 28 heavy (non-hydrogen) atoms. The van der Waals surface area contributed by atoms with Crippen molar-refractivity contribution >= 4 is 12.2 Å². The number of nitrogens with zero attached hydrogens (tertiary/aromatic N) is 5. The minimum absolute atomic E-state index is 0.575. The molecule has 0 atom stereocenters. The average Bonchev–Trinajstić information content (AvgIpc) is 2.98. The molecule has 0 amide bonds. The van der Waals surface area contributed by atoms with Crippen molar-refractivity contribution in [3.8, 4) is 22.9 Å². The maximum atomic E-state index is 5.58. The lowest BCUT2D eigenvalue weighted by Crippen LogP contribution is -2.23. The van der Waals surface area contributed by atoms with Gasteiger partial charge in [-0.1, -0.05) is 0 Å². The highest BCUT2D eigenvalue weighted by Gasteiger charge is 2.14. The lowest BCUT2D eigenvalue weighted by Gasteiger charge is -2.19. The van der Waals surface area contributed by atoms with Crippen LogP contribution >= 0.6 is 12.2 Å².